The predicted octanol–water partition coefficient (Wildman–Crippen LogP) is 3.51. The van der Waals surface area contributed by atoms with Crippen LogP contribution in [0.3, 0.4) is 0 Å². The third kappa shape index (κ3) is 6.39. The number of ether oxygens (including phenoxy) is 1. The molecule has 28 heavy (non-hydrogen) atoms. The maximum absolute atomic E-state index is 12.5. The number of carbonyl (C=O) groups excluding carboxylic acids is 2. The van der Waals surface area contributed by atoms with Gasteiger partial charge in [-0.05, 0) is 42.7 Å². The van der Waals surface area contributed by atoms with Crippen molar-refractivity contribution in [3.8, 4) is 0 Å². The summed E-state index contributed by atoms with van der Waals surface area (Å²) in [5.74, 6) is 0.945. The lowest BCUT2D eigenvalue weighted by Crippen LogP contribution is -2.32. The number of hydrogen-bond donors (Lipinski definition) is 2. The molecule has 2 amide bonds. The Balaban J connectivity index is 1.45. The van der Waals surface area contributed by atoms with Crippen LogP contribution in [0.25, 0.3) is 0 Å². The van der Waals surface area contributed by atoms with Gasteiger partial charge in [-0.15, -0.1) is 0 Å². The Morgan fingerprint density at radius 2 is 1.86 bits per heavy atom. The molecule has 0 aliphatic carbocycles. The zero-order valence-corrected chi connectivity index (χ0v) is 16.7. The molecular formula is C22H26N2O3S. The van der Waals surface area contributed by atoms with Crippen LogP contribution in [0.2, 0.25) is 0 Å². The van der Waals surface area contributed by atoms with Gasteiger partial charge in [-0.3, -0.25) is 9.59 Å². The lowest BCUT2D eigenvalue weighted by molar-refractivity contribution is -0.113. The van der Waals surface area contributed by atoms with E-state index in [0.717, 1.165) is 31.6 Å². The molecule has 1 unspecified atom stereocenters. The first-order chi connectivity index (χ1) is 13.7. The van der Waals surface area contributed by atoms with Crippen LogP contribution < -0.4 is 10.6 Å². The lowest BCUT2D eigenvalue weighted by atomic mass is 10.1. The zero-order chi connectivity index (χ0) is 19.6. The van der Waals surface area contributed by atoms with Crippen LogP contribution in [-0.2, 0) is 16.0 Å². The number of thioether (sulfide) groups is 1. The van der Waals surface area contributed by atoms with Crippen LogP contribution in [0.15, 0.2) is 54.6 Å². The van der Waals surface area contributed by atoms with Crippen molar-refractivity contribution in [3.63, 3.8) is 0 Å². The molecule has 0 radical (unpaired) electrons. The fourth-order valence-electron chi connectivity index (χ4n) is 3.08. The van der Waals surface area contributed by atoms with E-state index in [9.17, 15) is 9.59 Å². The molecule has 0 bridgehead atoms. The minimum absolute atomic E-state index is 0.0896. The number of anilines is 1. The normalized spacial score (nSPS) is 15.9. The average Bonchev–Trinajstić information content (AvgIpc) is 3.24. The summed E-state index contributed by atoms with van der Waals surface area (Å²) in [6, 6.07) is 17.3. The second kappa shape index (κ2) is 10.9. The molecule has 5 nitrogen and oxygen atoms in total. The molecular weight excluding hydrogens is 372 g/mol. The molecule has 0 aromatic heterocycles. The first kappa shape index (κ1) is 20.4. The van der Waals surface area contributed by atoms with E-state index in [1.54, 1.807) is 30.0 Å². The van der Waals surface area contributed by atoms with Crippen molar-refractivity contribution in [2.75, 3.05) is 30.0 Å². The fourth-order valence-corrected chi connectivity index (χ4v) is 3.86. The van der Waals surface area contributed by atoms with E-state index >= 15 is 0 Å². The van der Waals surface area contributed by atoms with Gasteiger partial charge in [0.1, 0.15) is 0 Å². The molecule has 1 fully saturated rings. The maximum atomic E-state index is 12.5. The second-order valence-electron chi connectivity index (χ2n) is 6.73. The van der Waals surface area contributed by atoms with Crippen LogP contribution in [0.4, 0.5) is 5.69 Å². The first-order valence-electron chi connectivity index (χ1n) is 9.63. The molecule has 1 saturated heterocycles. The summed E-state index contributed by atoms with van der Waals surface area (Å²) in [7, 11) is 0. The van der Waals surface area contributed by atoms with Crippen molar-refractivity contribution in [1.82, 2.24) is 5.32 Å². The summed E-state index contributed by atoms with van der Waals surface area (Å²) in [6.45, 7) is 1.26. The highest BCUT2D eigenvalue weighted by Crippen LogP contribution is 2.17. The van der Waals surface area contributed by atoms with Crippen LogP contribution in [-0.4, -0.2) is 42.6 Å². The van der Waals surface area contributed by atoms with Crippen molar-refractivity contribution in [2.45, 2.75) is 25.4 Å². The molecule has 1 aliphatic heterocycles. The Bertz CT molecular complexity index is 776. The molecule has 6 heteroatoms. The lowest BCUT2D eigenvalue weighted by Gasteiger charge is -2.13. The van der Waals surface area contributed by atoms with Crippen LogP contribution >= 0.6 is 11.8 Å². The molecule has 0 saturated carbocycles. The smallest absolute Gasteiger partial charge is 0.253 e. The van der Waals surface area contributed by atoms with Crippen LogP contribution in [0.5, 0.6) is 0 Å². The van der Waals surface area contributed by atoms with Crippen LogP contribution in [0, 0.1) is 0 Å². The van der Waals surface area contributed by atoms with Gasteiger partial charge in [0.25, 0.3) is 5.91 Å². The van der Waals surface area contributed by atoms with Gasteiger partial charge >= 0.3 is 0 Å². The Kier molecular flexibility index (Phi) is 7.94. The van der Waals surface area contributed by atoms with Crippen molar-refractivity contribution in [2.24, 2.45) is 0 Å². The zero-order valence-electron chi connectivity index (χ0n) is 15.9. The fraction of sp³-hybridized carbons (Fsp3) is 0.364. The molecule has 2 N–H and O–H groups in total. The summed E-state index contributed by atoms with van der Waals surface area (Å²) in [5, 5.41) is 5.77. The van der Waals surface area contributed by atoms with E-state index in [1.807, 2.05) is 24.3 Å². The van der Waals surface area contributed by atoms with Crippen molar-refractivity contribution in [3.05, 3.63) is 65.7 Å². The quantitative estimate of drug-likeness (QED) is 0.635. The topological polar surface area (TPSA) is 67.4 Å². The van der Waals surface area contributed by atoms with Crippen LogP contribution in [0.1, 0.15) is 28.8 Å². The monoisotopic (exact) mass is 398 g/mol. The molecule has 2 aromatic carbocycles. The number of hydrogen-bond acceptors (Lipinski definition) is 4. The summed E-state index contributed by atoms with van der Waals surface area (Å²) in [4.78, 5) is 24.8. The number of rotatable bonds is 9. The van der Waals surface area contributed by atoms with Crippen molar-refractivity contribution in [1.29, 1.82) is 0 Å². The minimum atomic E-state index is -0.192. The molecule has 148 valence electrons. The van der Waals surface area contributed by atoms with E-state index < -0.39 is 0 Å². The van der Waals surface area contributed by atoms with E-state index in [2.05, 4.69) is 22.8 Å². The largest absolute Gasteiger partial charge is 0.376 e. The number of aryl methyl sites for hydroxylation is 1. The highest BCUT2D eigenvalue weighted by Gasteiger charge is 2.18. The highest BCUT2D eigenvalue weighted by atomic mass is 32.2. The summed E-state index contributed by atoms with van der Waals surface area (Å²) in [6.07, 6.45) is 3.03. The van der Waals surface area contributed by atoms with Crippen molar-refractivity contribution >= 4 is 29.3 Å². The number of benzene rings is 2. The second-order valence-corrected chi connectivity index (χ2v) is 7.83. The molecule has 1 heterocycles. The van der Waals surface area contributed by atoms with E-state index in [-0.39, 0.29) is 17.9 Å². The maximum Gasteiger partial charge on any atom is 0.253 e. The van der Waals surface area contributed by atoms with Crippen molar-refractivity contribution < 1.29 is 14.3 Å². The third-order valence-electron chi connectivity index (χ3n) is 4.57. The number of carbonyl (C=O) groups is 2. The summed E-state index contributed by atoms with van der Waals surface area (Å²) in [5.41, 5.74) is 2.28. The van der Waals surface area contributed by atoms with Gasteiger partial charge in [-0.25, -0.2) is 0 Å². The molecule has 1 aliphatic rings. The SMILES string of the molecule is O=C(CSCCc1ccccc1)Nc1ccccc1C(=O)NCC1CCCO1. The minimum Gasteiger partial charge on any atom is -0.376 e. The number of nitrogens with one attached hydrogen (secondary N) is 2. The molecule has 0 spiro atoms. The summed E-state index contributed by atoms with van der Waals surface area (Å²) >= 11 is 1.59. The molecule has 2 aromatic rings. The Hall–Kier alpha value is -2.31. The predicted molar refractivity (Wildman–Crippen MR) is 114 cm³/mol. The van der Waals surface area contributed by atoms with Gasteiger partial charge in [-0.2, -0.15) is 11.8 Å². The third-order valence-corrected chi connectivity index (χ3v) is 5.53. The Labute approximate surface area is 170 Å². The summed E-state index contributed by atoms with van der Waals surface area (Å²) < 4.78 is 5.53. The van der Waals surface area contributed by atoms with Gasteiger partial charge < -0.3 is 15.4 Å². The Morgan fingerprint density at radius 3 is 2.64 bits per heavy atom. The van der Waals surface area contributed by atoms with E-state index in [0.29, 0.717) is 23.5 Å². The molecule has 3 rings (SSSR count). The van der Waals surface area contributed by atoms with E-state index in [1.165, 1.54) is 5.56 Å². The average molecular weight is 399 g/mol. The highest BCUT2D eigenvalue weighted by molar-refractivity contribution is 7.99. The Morgan fingerprint density at radius 1 is 1.07 bits per heavy atom. The van der Waals surface area contributed by atoms with Gasteiger partial charge in [0.05, 0.1) is 23.1 Å². The standard InChI is InChI=1S/C22H26N2O3S/c25-21(16-28-14-12-17-7-2-1-3-8-17)24-20-11-5-4-10-19(20)22(26)23-15-18-9-6-13-27-18/h1-5,7-8,10-11,18H,6,9,12-16H2,(H,23,26)(H,24,25). The number of amides is 2. The van der Waals surface area contributed by atoms with Gasteiger partial charge in [0, 0.05) is 13.2 Å². The van der Waals surface area contributed by atoms with E-state index in [4.69, 9.17) is 4.74 Å². The first-order valence-corrected chi connectivity index (χ1v) is 10.8. The number of para-hydroxylation sites is 1. The van der Waals surface area contributed by atoms with Gasteiger partial charge in [0.15, 0.2) is 0 Å². The van der Waals surface area contributed by atoms with Gasteiger partial charge in [-0.1, -0.05) is 42.5 Å². The van der Waals surface area contributed by atoms with Gasteiger partial charge in [0.2, 0.25) is 5.91 Å². The molecule has 1 atom stereocenters.